The Balaban J connectivity index is 1.93. The SMILES string of the molecule is N#Cc1c(N)nsc1NCCc1ccc(Cl)cc1. The van der Waals surface area contributed by atoms with Crippen molar-refractivity contribution in [2.75, 3.05) is 17.6 Å². The Hall–Kier alpha value is -1.77. The molecule has 0 aliphatic rings. The molecule has 0 atom stereocenters. The van der Waals surface area contributed by atoms with Crippen LogP contribution in [-0.4, -0.2) is 10.9 Å². The quantitative estimate of drug-likeness (QED) is 0.902. The average Bonchev–Trinajstić information content (AvgIpc) is 2.72. The summed E-state index contributed by atoms with van der Waals surface area (Å²) in [6.45, 7) is 0.720. The summed E-state index contributed by atoms with van der Waals surface area (Å²) in [6.07, 6.45) is 0.847. The van der Waals surface area contributed by atoms with Crippen molar-refractivity contribution in [2.24, 2.45) is 0 Å². The largest absolute Gasteiger partial charge is 0.382 e. The van der Waals surface area contributed by atoms with E-state index in [1.54, 1.807) is 0 Å². The lowest BCUT2D eigenvalue weighted by atomic mass is 10.1. The number of hydrogen-bond donors (Lipinski definition) is 2. The molecule has 1 aromatic heterocycles. The zero-order chi connectivity index (χ0) is 13.0. The van der Waals surface area contributed by atoms with Crippen molar-refractivity contribution in [3.63, 3.8) is 0 Å². The second kappa shape index (κ2) is 5.71. The van der Waals surface area contributed by atoms with Gasteiger partial charge < -0.3 is 11.1 Å². The van der Waals surface area contributed by atoms with Crippen LogP contribution < -0.4 is 11.1 Å². The second-order valence-corrected chi connectivity index (χ2v) is 4.90. The highest BCUT2D eigenvalue weighted by Gasteiger charge is 2.09. The molecule has 1 aromatic carbocycles. The van der Waals surface area contributed by atoms with Crippen molar-refractivity contribution in [3.05, 3.63) is 40.4 Å². The van der Waals surface area contributed by atoms with Gasteiger partial charge >= 0.3 is 0 Å². The minimum absolute atomic E-state index is 0.288. The first kappa shape index (κ1) is 12.7. The van der Waals surface area contributed by atoms with Crippen molar-refractivity contribution < 1.29 is 0 Å². The Bertz CT molecular complexity index is 571. The van der Waals surface area contributed by atoms with E-state index in [1.165, 1.54) is 17.1 Å². The number of nitriles is 1. The van der Waals surface area contributed by atoms with Gasteiger partial charge in [-0.2, -0.15) is 9.64 Å². The normalized spacial score (nSPS) is 10.0. The van der Waals surface area contributed by atoms with Crippen molar-refractivity contribution in [2.45, 2.75) is 6.42 Å². The smallest absolute Gasteiger partial charge is 0.157 e. The van der Waals surface area contributed by atoms with E-state index in [1.807, 2.05) is 30.3 Å². The van der Waals surface area contributed by atoms with Crippen LogP contribution in [0.15, 0.2) is 24.3 Å². The molecule has 0 radical (unpaired) electrons. The highest BCUT2D eigenvalue weighted by molar-refractivity contribution is 7.10. The predicted octanol–water partition coefficient (Wildman–Crippen LogP) is 2.90. The van der Waals surface area contributed by atoms with Gasteiger partial charge in [-0.25, -0.2) is 0 Å². The zero-order valence-electron chi connectivity index (χ0n) is 9.48. The first-order chi connectivity index (χ1) is 8.70. The minimum Gasteiger partial charge on any atom is -0.382 e. The molecule has 0 saturated carbocycles. The molecular weight excluding hydrogens is 268 g/mol. The maximum atomic E-state index is 8.92. The summed E-state index contributed by atoms with van der Waals surface area (Å²) in [6, 6.07) is 9.73. The van der Waals surface area contributed by atoms with E-state index in [0.717, 1.165) is 23.0 Å². The van der Waals surface area contributed by atoms with Crippen LogP contribution in [0.2, 0.25) is 5.02 Å². The fourth-order valence-electron chi connectivity index (χ4n) is 1.50. The number of nitrogen functional groups attached to an aromatic ring is 1. The maximum absolute atomic E-state index is 8.92. The first-order valence-corrected chi connectivity index (χ1v) is 6.49. The molecule has 0 aliphatic heterocycles. The van der Waals surface area contributed by atoms with Crippen molar-refractivity contribution >= 4 is 34.0 Å². The van der Waals surface area contributed by atoms with Crippen LogP contribution in [0.5, 0.6) is 0 Å². The van der Waals surface area contributed by atoms with Gasteiger partial charge in [0.05, 0.1) is 0 Å². The molecule has 0 amide bonds. The molecule has 0 aliphatic carbocycles. The van der Waals surface area contributed by atoms with Crippen LogP contribution in [0.3, 0.4) is 0 Å². The second-order valence-electron chi connectivity index (χ2n) is 3.69. The molecule has 92 valence electrons. The molecule has 0 fully saturated rings. The van der Waals surface area contributed by atoms with Gasteiger partial charge in [-0.1, -0.05) is 23.7 Å². The fourth-order valence-corrected chi connectivity index (χ4v) is 2.32. The number of benzene rings is 1. The Labute approximate surface area is 114 Å². The predicted molar refractivity (Wildman–Crippen MR) is 74.9 cm³/mol. The lowest BCUT2D eigenvalue weighted by molar-refractivity contribution is 1.02. The monoisotopic (exact) mass is 278 g/mol. The molecule has 0 bridgehead atoms. The minimum atomic E-state index is 0.288. The number of halogens is 1. The van der Waals surface area contributed by atoms with Crippen LogP contribution in [0.4, 0.5) is 10.8 Å². The topological polar surface area (TPSA) is 74.7 Å². The first-order valence-electron chi connectivity index (χ1n) is 5.34. The number of rotatable bonds is 4. The molecule has 0 unspecified atom stereocenters. The summed E-state index contributed by atoms with van der Waals surface area (Å²) in [4.78, 5) is 0. The number of nitrogens with zero attached hydrogens (tertiary/aromatic N) is 2. The van der Waals surface area contributed by atoms with Gasteiger partial charge in [0.2, 0.25) is 0 Å². The van der Waals surface area contributed by atoms with Gasteiger partial charge in [0.15, 0.2) is 5.82 Å². The van der Waals surface area contributed by atoms with E-state index >= 15 is 0 Å². The standard InChI is InChI=1S/C12H11ClN4S/c13-9-3-1-8(2-4-9)5-6-16-12-10(7-14)11(15)17-18-12/h1-4,16H,5-6H2,(H2,15,17). The highest BCUT2D eigenvalue weighted by atomic mass is 35.5. The molecule has 0 spiro atoms. The lowest BCUT2D eigenvalue weighted by Crippen LogP contribution is -2.04. The van der Waals surface area contributed by atoms with Gasteiger partial charge in [-0.15, -0.1) is 0 Å². The van der Waals surface area contributed by atoms with Crippen LogP contribution >= 0.6 is 23.1 Å². The van der Waals surface area contributed by atoms with E-state index in [9.17, 15) is 0 Å². The third kappa shape index (κ3) is 2.92. The van der Waals surface area contributed by atoms with Gasteiger partial charge in [0.25, 0.3) is 0 Å². The molecule has 4 nitrogen and oxygen atoms in total. The summed E-state index contributed by atoms with van der Waals surface area (Å²) in [5.41, 5.74) is 7.18. The van der Waals surface area contributed by atoms with Gasteiger partial charge in [0.1, 0.15) is 16.6 Å². The summed E-state index contributed by atoms with van der Waals surface area (Å²) < 4.78 is 3.94. The molecule has 6 heteroatoms. The Morgan fingerprint density at radius 3 is 2.78 bits per heavy atom. The molecular formula is C12H11ClN4S. The van der Waals surface area contributed by atoms with Crippen LogP contribution in [0.1, 0.15) is 11.1 Å². The Kier molecular flexibility index (Phi) is 4.03. The van der Waals surface area contributed by atoms with E-state index < -0.39 is 0 Å². The van der Waals surface area contributed by atoms with E-state index in [0.29, 0.717) is 5.56 Å². The van der Waals surface area contributed by atoms with Gasteiger partial charge in [0, 0.05) is 11.6 Å². The molecule has 2 rings (SSSR count). The summed E-state index contributed by atoms with van der Waals surface area (Å²) >= 11 is 7.02. The fraction of sp³-hybridized carbons (Fsp3) is 0.167. The van der Waals surface area contributed by atoms with Crippen molar-refractivity contribution in [3.8, 4) is 6.07 Å². The third-order valence-corrected chi connectivity index (χ3v) is 3.51. The van der Waals surface area contributed by atoms with Gasteiger partial charge in [-0.3, -0.25) is 0 Å². The number of nitrogens with one attached hydrogen (secondary N) is 1. The van der Waals surface area contributed by atoms with Crippen LogP contribution in [-0.2, 0) is 6.42 Å². The van der Waals surface area contributed by atoms with E-state index in [4.69, 9.17) is 22.6 Å². The average molecular weight is 279 g/mol. The van der Waals surface area contributed by atoms with Crippen molar-refractivity contribution in [1.82, 2.24) is 4.37 Å². The Morgan fingerprint density at radius 1 is 1.39 bits per heavy atom. The van der Waals surface area contributed by atoms with Crippen LogP contribution in [0.25, 0.3) is 0 Å². The Morgan fingerprint density at radius 2 is 2.11 bits per heavy atom. The summed E-state index contributed by atoms with van der Waals surface area (Å²) in [7, 11) is 0. The zero-order valence-corrected chi connectivity index (χ0v) is 11.1. The number of hydrogen-bond acceptors (Lipinski definition) is 5. The molecule has 0 saturated heterocycles. The maximum Gasteiger partial charge on any atom is 0.157 e. The molecule has 18 heavy (non-hydrogen) atoms. The third-order valence-electron chi connectivity index (χ3n) is 2.44. The molecule has 2 aromatic rings. The van der Waals surface area contributed by atoms with Gasteiger partial charge in [-0.05, 0) is 35.6 Å². The number of nitrogens with two attached hydrogens (primary N) is 1. The highest BCUT2D eigenvalue weighted by Crippen LogP contribution is 2.25. The van der Waals surface area contributed by atoms with Crippen LogP contribution in [0, 0.1) is 11.3 Å². The summed E-state index contributed by atoms with van der Waals surface area (Å²) in [5.74, 6) is 0.288. The molecule has 3 N–H and O–H groups in total. The van der Waals surface area contributed by atoms with E-state index in [-0.39, 0.29) is 5.82 Å². The molecule has 1 heterocycles. The van der Waals surface area contributed by atoms with E-state index in [2.05, 4.69) is 9.69 Å². The van der Waals surface area contributed by atoms with Crippen molar-refractivity contribution in [1.29, 1.82) is 5.26 Å². The number of anilines is 2. The summed E-state index contributed by atoms with van der Waals surface area (Å²) in [5, 5.41) is 13.5. The number of aromatic nitrogens is 1. The lowest BCUT2D eigenvalue weighted by Gasteiger charge is -2.04.